The van der Waals surface area contributed by atoms with Crippen LogP contribution in [0, 0.1) is 5.92 Å². The number of phosphoric ester groups is 1. The summed E-state index contributed by atoms with van der Waals surface area (Å²) < 4.78 is 26.4. The molecule has 0 aliphatic carbocycles. The van der Waals surface area contributed by atoms with Crippen molar-refractivity contribution in [3.63, 3.8) is 0 Å². The molecule has 3 N–H and O–H groups in total. The van der Waals surface area contributed by atoms with E-state index in [1.54, 1.807) is 0 Å². The van der Waals surface area contributed by atoms with Crippen molar-refractivity contribution < 1.29 is 43.0 Å². The average Bonchev–Trinajstić information content (AvgIpc) is 3.17. The Kier molecular flexibility index (Phi) is 40.6. The Morgan fingerprint density at radius 3 is 1.37 bits per heavy atom. The SMILES string of the molecule is CC(C)CCCCCCCCCCCCCCCCCCCCC(=O)O[C@H](COC(=O)CCC/C=C\C/C=C\C/C=C\C/C=C\CCCCCO)COP(=O)(O)O. The van der Waals surface area contributed by atoms with Gasteiger partial charge < -0.3 is 24.4 Å². The van der Waals surface area contributed by atoms with Crippen molar-refractivity contribution in [3.05, 3.63) is 48.6 Å². The lowest BCUT2D eigenvalue weighted by atomic mass is 10.0. The number of carbonyl (C=O) groups is 2. The Labute approximate surface area is 348 Å². The third-order valence-electron chi connectivity index (χ3n) is 9.83. The van der Waals surface area contributed by atoms with E-state index >= 15 is 0 Å². The topological polar surface area (TPSA) is 140 Å². The summed E-state index contributed by atoms with van der Waals surface area (Å²) in [4.78, 5) is 42.9. The quantitative estimate of drug-likeness (QED) is 0.0237. The lowest BCUT2D eigenvalue weighted by Crippen LogP contribution is -2.29. The molecule has 0 unspecified atom stereocenters. The smallest absolute Gasteiger partial charge is 0.462 e. The van der Waals surface area contributed by atoms with Crippen LogP contribution < -0.4 is 0 Å². The second kappa shape index (κ2) is 42.1. The van der Waals surface area contributed by atoms with Gasteiger partial charge in [0.1, 0.15) is 6.61 Å². The van der Waals surface area contributed by atoms with Gasteiger partial charge in [-0.2, -0.15) is 0 Å². The zero-order chi connectivity index (χ0) is 41.9. The van der Waals surface area contributed by atoms with Crippen molar-refractivity contribution in [2.24, 2.45) is 5.92 Å². The van der Waals surface area contributed by atoms with Gasteiger partial charge in [0.25, 0.3) is 0 Å². The Hall–Kier alpha value is -2.03. The van der Waals surface area contributed by atoms with E-state index in [4.69, 9.17) is 24.4 Å². The van der Waals surface area contributed by atoms with Crippen molar-refractivity contribution >= 4 is 19.8 Å². The normalized spacial score (nSPS) is 12.9. The number of rotatable bonds is 42. The molecular weight excluding hydrogens is 739 g/mol. The number of esters is 2. The van der Waals surface area contributed by atoms with Crippen LogP contribution in [0.15, 0.2) is 48.6 Å². The third-order valence-corrected chi connectivity index (χ3v) is 10.3. The molecule has 0 bridgehead atoms. The molecule has 0 aromatic heterocycles. The van der Waals surface area contributed by atoms with Gasteiger partial charge in [-0.25, -0.2) is 4.57 Å². The minimum atomic E-state index is -4.77. The zero-order valence-electron chi connectivity index (χ0n) is 36.3. The van der Waals surface area contributed by atoms with Gasteiger partial charge in [0.15, 0.2) is 6.10 Å². The highest BCUT2D eigenvalue weighted by atomic mass is 31.2. The molecule has 0 amide bonds. The number of hydrogen-bond donors (Lipinski definition) is 3. The third kappa shape index (κ3) is 46.5. The van der Waals surface area contributed by atoms with Crippen LogP contribution in [-0.4, -0.2) is 52.8 Å². The first-order chi connectivity index (χ1) is 27.6. The van der Waals surface area contributed by atoms with Gasteiger partial charge in [-0.15, -0.1) is 0 Å². The summed E-state index contributed by atoms with van der Waals surface area (Å²) in [5, 5.41) is 8.78. The van der Waals surface area contributed by atoms with Gasteiger partial charge in [-0.05, 0) is 63.7 Å². The molecule has 1 atom stereocenters. The van der Waals surface area contributed by atoms with Crippen LogP contribution in [0.5, 0.6) is 0 Å². The van der Waals surface area contributed by atoms with Crippen LogP contribution in [0.1, 0.15) is 206 Å². The number of hydrogen-bond acceptors (Lipinski definition) is 7. The second-order valence-corrected chi connectivity index (χ2v) is 17.2. The number of carbonyl (C=O) groups excluding carboxylic acids is 2. The monoisotopic (exact) mass is 825 g/mol. The van der Waals surface area contributed by atoms with Crippen molar-refractivity contribution in [2.45, 2.75) is 213 Å². The summed E-state index contributed by atoms with van der Waals surface area (Å²) in [6.45, 7) is 4.03. The molecule has 0 heterocycles. The predicted molar refractivity (Wildman–Crippen MR) is 236 cm³/mol. The molecule has 0 rings (SSSR count). The van der Waals surface area contributed by atoms with Gasteiger partial charge in [0, 0.05) is 19.4 Å². The summed E-state index contributed by atoms with van der Waals surface area (Å²) >= 11 is 0. The summed E-state index contributed by atoms with van der Waals surface area (Å²) in [6.07, 6.45) is 48.6. The zero-order valence-corrected chi connectivity index (χ0v) is 37.2. The van der Waals surface area contributed by atoms with Gasteiger partial charge in [-0.1, -0.05) is 184 Å². The van der Waals surface area contributed by atoms with Crippen LogP contribution >= 0.6 is 7.82 Å². The number of allylic oxidation sites excluding steroid dienone is 8. The molecule has 0 aliphatic heterocycles. The molecule has 0 aromatic rings. The van der Waals surface area contributed by atoms with E-state index in [9.17, 15) is 14.2 Å². The molecular formula is C47H85O9P. The fraction of sp³-hybridized carbons (Fsp3) is 0.787. The average molecular weight is 825 g/mol. The van der Waals surface area contributed by atoms with Gasteiger partial charge in [-0.3, -0.25) is 14.1 Å². The van der Waals surface area contributed by atoms with E-state index in [2.05, 4.69) is 60.9 Å². The summed E-state index contributed by atoms with van der Waals surface area (Å²) in [5.74, 6) is -0.115. The number of ether oxygens (including phenoxy) is 2. The van der Waals surface area contributed by atoms with Crippen LogP contribution in [0.2, 0.25) is 0 Å². The van der Waals surface area contributed by atoms with Gasteiger partial charge in [0.2, 0.25) is 0 Å². The molecule has 0 radical (unpaired) electrons. The number of aliphatic hydroxyl groups is 1. The molecule has 10 heteroatoms. The van der Waals surface area contributed by atoms with E-state index in [0.29, 0.717) is 19.3 Å². The molecule has 0 fully saturated rings. The van der Waals surface area contributed by atoms with E-state index in [-0.39, 0.29) is 26.1 Å². The lowest BCUT2D eigenvalue weighted by Gasteiger charge is -2.18. The van der Waals surface area contributed by atoms with Crippen molar-refractivity contribution in [3.8, 4) is 0 Å². The molecule has 0 aliphatic rings. The molecule has 0 spiro atoms. The minimum absolute atomic E-state index is 0.182. The lowest BCUT2D eigenvalue weighted by molar-refractivity contribution is -0.161. The fourth-order valence-electron chi connectivity index (χ4n) is 6.41. The first kappa shape index (κ1) is 55.0. The summed E-state index contributed by atoms with van der Waals surface area (Å²) in [7, 11) is -4.77. The van der Waals surface area contributed by atoms with Gasteiger partial charge >= 0.3 is 19.8 Å². The molecule has 0 saturated heterocycles. The minimum Gasteiger partial charge on any atom is -0.462 e. The fourth-order valence-corrected chi connectivity index (χ4v) is 6.77. The van der Waals surface area contributed by atoms with E-state index in [0.717, 1.165) is 70.1 Å². The molecule has 9 nitrogen and oxygen atoms in total. The maximum Gasteiger partial charge on any atom is 0.469 e. The summed E-state index contributed by atoms with van der Waals surface area (Å²) in [5.41, 5.74) is 0. The highest BCUT2D eigenvalue weighted by molar-refractivity contribution is 7.46. The maximum atomic E-state index is 12.4. The largest absolute Gasteiger partial charge is 0.469 e. The predicted octanol–water partition coefficient (Wildman–Crippen LogP) is 13.1. The van der Waals surface area contributed by atoms with Gasteiger partial charge in [0.05, 0.1) is 6.61 Å². The Morgan fingerprint density at radius 1 is 0.509 bits per heavy atom. The Bertz CT molecular complexity index is 1080. The van der Waals surface area contributed by atoms with Crippen molar-refractivity contribution in [1.29, 1.82) is 0 Å². The first-order valence-electron chi connectivity index (χ1n) is 22.9. The highest BCUT2D eigenvalue weighted by Gasteiger charge is 2.22. The molecule has 57 heavy (non-hydrogen) atoms. The maximum absolute atomic E-state index is 12.4. The Morgan fingerprint density at radius 2 is 0.912 bits per heavy atom. The number of aliphatic hydroxyl groups excluding tert-OH is 1. The molecule has 332 valence electrons. The van der Waals surface area contributed by atoms with Crippen LogP contribution in [0.25, 0.3) is 0 Å². The van der Waals surface area contributed by atoms with Crippen LogP contribution in [0.4, 0.5) is 0 Å². The molecule has 0 aromatic carbocycles. The van der Waals surface area contributed by atoms with E-state index in [1.165, 1.54) is 96.3 Å². The first-order valence-corrected chi connectivity index (χ1v) is 24.4. The number of phosphoric acid groups is 1. The van der Waals surface area contributed by atoms with Crippen molar-refractivity contribution in [1.82, 2.24) is 0 Å². The number of unbranched alkanes of at least 4 members (excludes halogenated alkanes) is 21. The van der Waals surface area contributed by atoms with E-state index in [1.807, 2.05) is 6.08 Å². The molecule has 0 saturated carbocycles. The van der Waals surface area contributed by atoms with E-state index < -0.39 is 32.5 Å². The van der Waals surface area contributed by atoms with Crippen LogP contribution in [-0.2, 0) is 28.2 Å². The van der Waals surface area contributed by atoms with Crippen LogP contribution in [0.3, 0.4) is 0 Å². The second-order valence-electron chi connectivity index (χ2n) is 15.9. The standard InChI is InChI=1S/C47H85O9P/c1-44(2)38-34-30-26-22-18-14-10-6-3-4-7-12-16-20-24-28-32-36-40-47(50)56-45(43-55-57(51,52)53)42-54-46(49)39-35-31-27-23-19-15-11-8-5-9-13-17-21-25-29-33-37-41-48/h5,9,11,15,17,21,23,27,44-45,48H,3-4,6-8,10,12-14,16,18-20,22,24-26,28-43H2,1-2H3,(H2,51,52,53)/b9-5-,15-11-,21-17-,27-23-/t45-/m1/s1. The summed E-state index contributed by atoms with van der Waals surface area (Å²) in [6, 6.07) is 0. The Balaban J connectivity index is 3.93. The highest BCUT2D eigenvalue weighted by Crippen LogP contribution is 2.36. The van der Waals surface area contributed by atoms with Crippen molar-refractivity contribution in [2.75, 3.05) is 19.8 Å².